The van der Waals surface area contributed by atoms with E-state index in [0.29, 0.717) is 6.42 Å². The van der Waals surface area contributed by atoms with Gasteiger partial charge in [0.1, 0.15) is 11.5 Å². The summed E-state index contributed by atoms with van der Waals surface area (Å²) in [6.45, 7) is 1.68. The van der Waals surface area contributed by atoms with Crippen LogP contribution in [0.3, 0.4) is 0 Å². The SMILES string of the molecule is CCCS(=O)(=O)NCc1nonc1C(=N)N. The molecule has 1 aromatic heterocycles. The van der Waals surface area contributed by atoms with E-state index in [0.717, 1.165) is 0 Å². The van der Waals surface area contributed by atoms with Gasteiger partial charge in [-0.2, -0.15) is 0 Å². The fourth-order valence-corrected chi connectivity index (χ4v) is 2.08. The van der Waals surface area contributed by atoms with Crippen molar-refractivity contribution in [1.82, 2.24) is 15.0 Å². The lowest BCUT2D eigenvalue weighted by Crippen LogP contribution is -2.27. The van der Waals surface area contributed by atoms with Crippen molar-refractivity contribution in [1.29, 1.82) is 5.41 Å². The van der Waals surface area contributed by atoms with Crippen LogP contribution in [0.5, 0.6) is 0 Å². The van der Waals surface area contributed by atoms with Crippen LogP contribution in [0, 0.1) is 5.41 Å². The van der Waals surface area contributed by atoms with Gasteiger partial charge in [-0.3, -0.25) is 5.41 Å². The van der Waals surface area contributed by atoms with Crippen LogP contribution >= 0.6 is 0 Å². The quantitative estimate of drug-likeness (QED) is 0.444. The second-order valence-electron chi connectivity index (χ2n) is 3.11. The Kier molecular flexibility index (Phi) is 3.96. The number of nitrogens with two attached hydrogens (primary N) is 1. The summed E-state index contributed by atoms with van der Waals surface area (Å²) in [4.78, 5) is 0. The van der Waals surface area contributed by atoms with Crippen LogP contribution in [-0.2, 0) is 16.6 Å². The molecule has 0 spiro atoms. The molecule has 1 heterocycles. The van der Waals surface area contributed by atoms with Gasteiger partial charge < -0.3 is 5.73 Å². The van der Waals surface area contributed by atoms with Crippen molar-refractivity contribution in [2.75, 3.05) is 5.75 Å². The molecule has 4 N–H and O–H groups in total. The molecule has 0 aliphatic rings. The van der Waals surface area contributed by atoms with E-state index in [4.69, 9.17) is 11.1 Å². The summed E-state index contributed by atoms with van der Waals surface area (Å²) in [6.07, 6.45) is 0.520. The molecule has 8 nitrogen and oxygen atoms in total. The molecule has 0 unspecified atom stereocenters. The first-order valence-electron chi connectivity index (χ1n) is 4.59. The molecule has 1 aromatic rings. The van der Waals surface area contributed by atoms with E-state index in [2.05, 4.69) is 19.7 Å². The van der Waals surface area contributed by atoms with Gasteiger partial charge >= 0.3 is 0 Å². The maximum Gasteiger partial charge on any atom is 0.211 e. The number of sulfonamides is 1. The van der Waals surface area contributed by atoms with Gasteiger partial charge in [0.05, 0.1) is 12.3 Å². The number of nitrogens with zero attached hydrogens (tertiary/aromatic N) is 2. The summed E-state index contributed by atoms with van der Waals surface area (Å²) in [5.74, 6) is -0.279. The van der Waals surface area contributed by atoms with Gasteiger partial charge in [-0.1, -0.05) is 12.1 Å². The highest BCUT2D eigenvalue weighted by molar-refractivity contribution is 7.89. The third kappa shape index (κ3) is 3.28. The monoisotopic (exact) mass is 247 g/mol. The second-order valence-corrected chi connectivity index (χ2v) is 5.04. The van der Waals surface area contributed by atoms with Crippen molar-refractivity contribution < 1.29 is 13.0 Å². The number of nitrogen functional groups attached to an aromatic ring is 1. The Morgan fingerprint density at radius 2 is 2.25 bits per heavy atom. The standard InChI is InChI=1S/C7H13N5O3S/c1-2-3-16(13,14)10-4-5-6(7(8)9)12-15-11-5/h10H,2-4H2,1H3,(H3,8,9). The molecule has 0 atom stereocenters. The van der Waals surface area contributed by atoms with Crippen LogP contribution in [-0.4, -0.2) is 30.3 Å². The van der Waals surface area contributed by atoms with Gasteiger partial charge in [-0.15, -0.1) is 0 Å². The van der Waals surface area contributed by atoms with Crippen molar-refractivity contribution in [3.8, 4) is 0 Å². The first-order chi connectivity index (χ1) is 7.46. The van der Waals surface area contributed by atoms with Crippen LogP contribution in [0.1, 0.15) is 24.7 Å². The van der Waals surface area contributed by atoms with Crippen molar-refractivity contribution in [3.63, 3.8) is 0 Å². The van der Waals surface area contributed by atoms with Gasteiger partial charge in [0.2, 0.25) is 10.0 Å². The van der Waals surface area contributed by atoms with E-state index >= 15 is 0 Å². The largest absolute Gasteiger partial charge is 0.382 e. The summed E-state index contributed by atoms with van der Waals surface area (Å²) < 4.78 is 29.4. The normalized spacial score (nSPS) is 11.6. The number of nitrogens with one attached hydrogen (secondary N) is 2. The number of hydrogen-bond donors (Lipinski definition) is 3. The molecule has 0 aliphatic heterocycles. The fraction of sp³-hybridized carbons (Fsp3) is 0.571. The number of aromatic nitrogens is 2. The smallest absolute Gasteiger partial charge is 0.211 e. The van der Waals surface area contributed by atoms with Gasteiger partial charge in [-0.05, 0) is 11.6 Å². The predicted octanol–water partition coefficient (Wildman–Crippen LogP) is -0.817. The Balaban J connectivity index is 2.68. The summed E-state index contributed by atoms with van der Waals surface area (Å²) >= 11 is 0. The molecule has 16 heavy (non-hydrogen) atoms. The Morgan fingerprint density at radius 1 is 1.56 bits per heavy atom. The predicted molar refractivity (Wildman–Crippen MR) is 56.2 cm³/mol. The van der Waals surface area contributed by atoms with Gasteiger partial charge in [0, 0.05) is 0 Å². The van der Waals surface area contributed by atoms with Crippen molar-refractivity contribution in [3.05, 3.63) is 11.4 Å². The minimum atomic E-state index is -3.32. The van der Waals surface area contributed by atoms with Crippen LogP contribution in [0.15, 0.2) is 4.63 Å². The minimum absolute atomic E-state index is 0.0354. The lowest BCUT2D eigenvalue weighted by atomic mass is 10.3. The lowest BCUT2D eigenvalue weighted by Gasteiger charge is -2.03. The number of hydrogen-bond acceptors (Lipinski definition) is 6. The molecular formula is C7H13N5O3S. The zero-order chi connectivity index (χ0) is 12.2. The highest BCUT2D eigenvalue weighted by Crippen LogP contribution is 2.02. The first-order valence-corrected chi connectivity index (χ1v) is 6.24. The molecule has 0 radical (unpaired) electrons. The average Bonchev–Trinajstić information content (AvgIpc) is 2.62. The van der Waals surface area contributed by atoms with Crippen LogP contribution in [0.2, 0.25) is 0 Å². The molecular weight excluding hydrogens is 234 g/mol. The Labute approximate surface area is 92.7 Å². The molecule has 9 heteroatoms. The zero-order valence-corrected chi connectivity index (χ0v) is 9.54. The Hall–Kier alpha value is -1.48. The summed E-state index contributed by atoms with van der Waals surface area (Å²) in [5, 5.41) is 14.0. The molecule has 90 valence electrons. The lowest BCUT2D eigenvalue weighted by molar-refractivity contribution is 0.302. The molecule has 0 fully saturated rings. The van der Waals surface area contributed by atoms with Crippen molar-refractivity contribution in [2.45, 2.75) is 19.9 Å². The van der Waals surface area contributed by atoms with E-state index < -0.39 is 10.0 Å². The van der Waals surface area contributed by atoms with Crippen molar-refractivity contribution >= 4 is 15.9 Å². The van der Waals surface area contributed by atoms with Gasteiger partial charge in [-0.25, -0.2) is 17.8 Å². The van der Waals surface area contributed by atoms with Crippen LogP contribution in [0.4, 0.5) is 0 Å². The Morgan fingerprint density at radius 3 is 2.81 bits per heavy atom. The van der Waals surface area contributed by atoms with Gasteiger partial charge in [0.15, 0.2) is 5.69 Å². The second kappa shape index (κ2) is 5.03. The highest BCUT2D eigenvalue weighted by Gasteiger charge is 2.15. The summed E-state index contributed by atoms with van der Waals surface area (Å²) in [7, 11) is -3.32. The minimum Gasteiger partial charge on any atom is -0.382 e. The van der Waals surface area contributed by atoms with Gasteiger partial charge in [0.25, 0.3) is 0 Å². The molecule has 0 amide bonds. The summed E-state index contributed by atoms with van der Waals surface area (Å²) in [6, 6.07) is 0. The van der Waals surface area contributed by atoms with Crippen LogP contribution in [0.25, 0.3) is 0 Å². The van der Waals surface area contributed by atoms with E-state index in [1.54, 1.807) is 6.92 Å². The Bertz CT molecular complexity index is 466. The topological polar surface area (TPSA) is 135 Å². The number of rotatable bonds is 6. The molecule has 0 bridgehead atoms. The molecule has 0 saturated heterocycles. The van der Waals surface area contributed by atoms with E-state index in [1.165, 1.54) is 0 Å². The average molecular weight is 247 g/mol. The first kappa shape index (κ1) is 12.6. The third-order valence-electron chi connectivity index (χ3n) is 1.74. The van der Waals surface area contributed by atoms with E-state index in [9.17, 15) is 8.42 Å². The molecule has 0 saturated carbocycles. The van der Waals surface area contributed by atoms with E-state index in [1.807, 2.05) is 0 Å². The maximum atomic E-state index is 11.3. The zero-order valence-electron chi connectivity index (χ0n) is 8.73. The molecule has 1 rings (SSSR count). The van der Waals surface area contributed by atoms with Crippen LogP contribution < -0.4 is 10.5 Å². The maximum absolute atomic E-state index is 11.3. The van der Waals surface area contributed by atoms with E-state index in [-0.39, 0.29) is 29.5 Å². The molecule has 0 aliphatic carbocycles. The fourth-order valence-electron chi connectivity index (χ4n) is 1.05. The van der Waals surface area contributed by atoms with Crippen molar-refractivity contribution in [2.24, 2.45) is 5.73 Å². The molecule has 0 aromatic carbocycles. The summed E-state index contributed by atoms with van der Waals surface area (Å²) in [5.41, 5.74) is 5.46. The third-order valence-corrected chi connectivity index (χ3v) is 3.27. The highest BCUT2D eigenvalue weighted by atomic mass is 32.2. The number of amidine groups is 1.